The van der Waals surface area contributed by atoms with Crippen LogP contribution in [0, 0.1) is 0 Å². The smallest absolute Gasteiger partial charge is 0.0754 e. The Hall–Kier alpha value is -3.62. The van der Waals surface area contributed by atoms with Crippen molar-refractivity contribution < 1.29 is 0 Å². The Morgan fingerprint density at radius 3 is 1.97 bits per heavy atom. The van der Waals surface area contributed by atoms with Gasteiger partial charge >= 0.3 is 0 Å². The molecule has 0 unspecified atom stereocenters. The molecule has 154 valence electrons. The molecule has 33 heavy (non-hydrogen) atoms. The first-order valence-electron chi connectivity index (χ1n) is 11.3. The Balaban J connectivity index is 1.71. The van der Waals surface area contributed by atoms with E-state index < -0.39 is 0 Å². The van der Waals surface area contributed by atoms with E-state index in [1.54, 1.807) is 0 Å². The first-order chi connectivity index (χ1) is 16.3. The zero-order valence-electron chi connectivity index (χ0n) is 17.7. The van der Waals surface area contributed by atoms with Crippen molar-refractivity contribution in [3.05, 3.63) is 136 Å². The van der Waals surface area contributed by atoms with Crippen LogP contribution in [0.1, 0.15) is 22.3 Å². The molecule has 0 N–H and O–H groups in total. The molecular weight excluding hydrogens is 466 g/mol. The third-order valence-corrected chi connectivity index (χ3v) is 8.15. The second-order valence-corrected chi connectivity index (χ2v) is 9.97. The molecule has 2 heterocycles. The van der Waals surface area contributed by atoms with Crippen molar-refractivity contribution in [2.24, 2.45) is 0 Å². The summed E-state index contributed by atoms with van der Waals surface area (Å²) in [6.45, 7) is 0. The Morgan fingerprint density at radius 2 is 1.18 bits per heavy atom. The van der Waals surface area contributed by atoms with Crippen molar-refractivity contribution in [2.45, 2.75) is 5.41 Å². The molecule has 0 atom stereocenters. The molecule has 8 rings (SSSR count). The second kappa shape index (κ2) is 6.03. The van der Waals surface area contributed by atoms with Gasteiger partial charge in [-0.3, -0.25) is 0 Å². The number of nitrogens with zero attached hydrogens (tertiary/aromatic N) is 1. The van der Waals surface area contributed by atoms with Crippen LogP contribution in [-0.2, 0) is 5.41 Å². The SMILES string of the molecule is Brc1ccc2c(c1)-n1c3ccccc3c3cccc(c31)C21c2ccccc2-c2ccccc21. The highest BCUT2D eigenvalue weighted by Gasteiger charge is 2.50. The molecule has 1 spiro atoms. The molecule has 1 nitrogen and oxygen atoms in total. The molecule has 1 aliphatic heterocycles. The van der Waals surface area contributed by atoms with Gasteiger partial charge in [0.2, 0.25) is 0 Å². The lowest BCUT2D eigenvalue weighted by Crippen LogP contribution is -2.33. The first kappa shape index (κ1) is 17.9. The van der Waals surface area contributed by atoms with E-state index in [4.69, 9.17) is 0 Å². The molecule has 0 radical (unpaired) electrons. The second-order valence-electron chi connectivity index (χ2n) is 9.06. The number of benzene rings is 5. The summed E-state index contributed by atoms with van der Waals surface area (Å²) in [5.74, 6) is 0. The lowest BCUT2D eigenvalue weighted by Gasteiger charge is -2.39. The highest BCUT2D eigenvalue weighted by molar-refractivity contribution is 9.10. The van der Waals surface area contributed by atoms with Crippen molar-refractivity contribution in [1.82, 2.24) is 4.57 Å². The number of fused-ring (bicyclic) bond motifs is 12. The summed E-state index contributed by atoms with van der Waals surface area (Å²) in [5.41, 5.74) is 11.6. The van der Waals surface area contributed by atoms with Crippen LogP contribution in [0.5, 0.6) is 0 Å². The van der Waals surface area contributed by atoms with Crippen molar-refractivity contribution in [1.29, 1.82) is 0 Å². The number of hydrogen-bond acceptors (Lipinski definition) is 0. The predicted molar refractivity (Wildman–Crippen MR) is 139 cm³/mol. The van der Waals surface area contributed by atoms with Crippen LogP contribution in [0.3, 0.4) is 0 Å². The Labute approximate surface area is 200 Å². The van der Waals surface area contributed by atoms with E-state index in [1.165, 1.54) is 60.9 Å². The minimum atomic E-state index is -0.340. The van der Waals surface area contributed by atoms with Crippen molar-refractivity contribution >= 4 is 37.7 Å². The van der Waals surface area contributed by atoms with Gasteiger partial charge in [-0.1, -0.05) is 107 Å². The van der Waals surface area contributed by atoms with Gasteiger partial charge in [0.15, 0.2) is 0 Å². The molecule has 0 fully saturated rings. The zero-order valence-corrected chi connectivity index (χ0v) is 19.3. The van der Waals surface area contributed by atoms with Gasteiger partial charge < -0.3 is 4.57 Å². The lowest BCUT2D eigenvalue weighted by atomic mass is 9.65. The summed E-state index contributed by atoms with van der Waals surface area (Å²) in [5, 5.41) is 2.62. The molecular formula is C31H18BrN. The van der Waals surface area contributed by atoms with Gasteiger partial charge in [0.05, 0.1) is 22.1 Å². The fourth-order valence-electron chi connectivity index (χ4n) is 6.54. The number of para-hydroxylation sites is 2. The summed E-state index contributed by atoms with van der Waals surface area (Å²) in [4.78, 5) is 0. The maximum Gasteiger partial charge on any atom is 0.0754 e. The number of rotatable bonds is 0. The van der Waals surface area contributed by atoms with Crippen LogP contribution in [0.2, 0.25) is 0 Å². The quantitative estimate of drug-likeness (QED) is 0.204. The molecule has 0 saturated heterocycles. The summed E-state index contributed by atoms with van der Waals surface area (Å²) in [6.07, 6.45) is 0. The third kappa shape index (κ3) is 1.96. The van der Waals surface area contributed by atoms with Crippen LogP contribution in [0.25, 0.3) is 38.6 Å². The van der Waals surface area contributed by atoms with Gasteiger partial charge in [-0.2, -0.15) is 0 Å². The summed E-state index contributed by atoms with van der Waals surface area (Å²) >= 11 is 3.78. The normalized spacial score (nSPS) is 14.5. The van der Waals surface area contributed by atoms with Gasteiger partial charge in [-0.05, 0) is 51.6 Å². The van der Waals surface area contributed by atoms with Crippen LogP contribution >= 0.6 is 15.9 Å². The summed E-state index contributed by atoms with van der Waals surface area (Å²) < 4.78 is 3.58. The Morgan fingerprint density at radius 1 is 0.545 bits per heavy atom. The fraction of sp³-hybridized carbons (Fsp3) is 0.0323. The molecule has 0 saturated carbocycles. The van der Waals surface area contributed by atoms with E-state index in [-0.39, 0.29) is 5.41 Å². The van der Waals surface area contributed by atoms with E-state index >= 15 is 0 Å². The van der Waals surface area contributed by atoms with Crippen molar-refractivity contribution in [3.63, 3.8) is 0 Å². The minimum absolute atomic E-state index is 0.340. The van der Waals surface area contributed by atoms with E-state index in [9.17, 15) is 0 Å². The summed E-state index contributed by atoms with van der Waals surface area (Å²) in [7, 11) is 0. The largest absolute Gasteiger partial charge is 0.309 e. The standard InChI is InChI=1S/C31H18BrN/c32-19-16-17-26-29(18-19)33-28-15-6-3-10-22(28)23-11-7-14-27(30(23)33)31(26)24-12-4-1-8-20(24)21-9-2-5-13-25(21)31/h1-18H. The highest BCUT2D eigenvalue weighted by atomic mass is 79.9. The molecule has 6 aromatic rings. The number of hydrogen-bond donors (Lipinski definition) is 0. The maximum absolute atomic E-state index is 3.78. The Kier molecular flexibility index (Phi) is 3.27. The molecule has 0 bridgehead atoms. The van der Waals surface area contributed by atoms with Crippen LogP contribution in [0.15, 0.2) is 114 Å². The van der Waals surface area contributed by atoms with Gasteiger partial charge in [-0.15, -0.1) is 0 Å². The maximum atomic E-state index is 3.78. The van der Waals surface area contributed by atoms with Gasteiger partial charge in [0.25, 0.3) is 0 Å². The zero-order chi connectivity index (χ0) is 21.7. The molecule has 5 aromatic carbocycles. The molecule has 0 amide bonds. The van der Waals surface area contributed by atoms with Crippen molar-refractivity contribution in [3.8, 4) is 16.8 Å². The minimum Gasteiger partial charge on any atom is -0.309 e. The van der Waals surface area contributed by atoms with E-state index in [0.717, 1.165) is 4.47 Å². The summed E-state index contributed by atoms with van der Waals surface area (Å²) in [6, 6.07) is 40.4. The van der Waals surface area contributed by atoms with Gasteiger partial charge in [0.1, 0.15) is 0 Å². The average Bonchev–Trinajstić information content (AvgIpc) is 3.35. The van der Waals surface area contributed by atoms with Crippen LogP contribution < -0.4 is 0 Å². The van der Waals surface area contributed by atoms with Crippen LogP contribution in [-0.4, -0.2) is 4.57 Å². The Bertz CT molecular complexity index is 1740. The fourth-order valence-corrected chi connectivity index (χ4v) is 6.89. The molecule has 2 heteroatoms. The molecule has 2 aliphatic rings. The molecule has 1 aromatic heterocycles. The van der Waals surface area contributed by atoms with Crippen LogP contribution in [0.4, 0.5) is 0 Å². The van der Waals surface area contributed by atoms with Gasteiger partial charge in [-0.25, -0.2) is 0 Å². The van der Waals surface area contributed by atoms with Gasteiger partial charge in [0, 0.05) is 15.2 Å². The third-order valence-electron chi connectivity index (χ3n) is 7.66. The monoisotopic (exact) mass is 483 g/mol. The van der Waals surface area contributed by atoms with E-state index in [0.29, 0.717) is 0 Å². The predicted octanol–water partition coefficient (Wildman–Crippen LogP) is 8.22. The first-order valence-corrected chi connectivity index (χ1v) is 12.1. The highest BCUT2D eigenvalue weighted by Crippen LogP contribution is 2.60. The van der Waals surface area contributed by atoms with Crippen molar-refractivity contribution in [2.75, 3.05) is 0 Å². The lowest BCUT2D eigenvalue weighted by molar-refractivity contribution is 0.748. The van der Waals surface area contributed by atoms with E-state index in [2.05, 4.69) is 130 Å². The number of aromatic nitrogens is 1. The van der Waals surface area contributed by atoms with E-state index in [1.807, 2.05) is 0 Å². The average molecular weight is 484 g/mol. The topological polar surface area (TPSA) is 4.93 Å². The number of halogens is 1. The molecule has 1 aliphatic carbocycles.